The van der Waals surface area contributed by atoms with E-state index in [9.17, 15) is 30.3 Å². The second kappa shape index (κ2) is 46.2. The van der Waals surface area contributed by atoms with E-state index in [0.29, 0.717) is 6.42 Å². The van der Waals surface area contributed by atoms with Gasteiger partial charge in [-0.05, 0) is 44.9 Å². The Morgan fingerprint density at radius 1 is 0.508 bits per heavy atom. The van der Waals surface area contributed by atoms with Crippen LogP contribution < -0.4 is 5.32 Å². The fourth-order valence-corrected chi connectivity index (χ4v) is 8.78. The molecular weight excluding hydrogens is 815 g/mol. The second-order valence-electron chi connectivity index (χ2n) is 19.4. The number of carbonyl (C=O) groups excluding carboxylic acids is 1. The first kappa shape index (κ1) is 61.4. The van der Waals surface area contributed by atoms with E-state index in [1.807, 2.05) is 6.08 Å². The van der Waals surface area contributed by atoms with E-state index in [1.54, 1.807) is 6.08 Å². The number of hydrogen-bond donors (Lipinski definition) is 6. The maximum Gasteiger partial charge on any atom is 0.220 e. The van der Waals surface area contributed by atoms with E-state index in [2.05, 4.69) is 43.5 Å². The van der Waals surface area contributed by atoms with Gasteiger partial charge in [-0.25, -0.2) is 0 Å². The van der Waals surface area contributed by atoms with Crippen molar-refractivity contribution < 1.29 is 39.8 Å². The number of unbranched alkanes of at least 4 members (excludes halogenated alkanes) is 33. The van der Waals surface area contributed by atoms with Crippen molar-refractivity contribution in [1.29, 1.82) is 0 Å². The average molecular weight is 920 g/mol. The lowest BCUT2D eigenvalue weighted by atomic mass is 9.99. The molecule has 0 bridgehead atoms. The molecule has 0 aliphatic carbocycles. The van der Waals surface area contributed by atoms with E-state index in [1.165, 1.54) is 193 Å². The Kier molecular flexibility index (Phi) is 43.6. The van der Waals surface area contributed by atoms with E-state index in [0.717, 1.165) is 44.9 Å². The second-order valence-corrected chi connectivity index (χ2v) is 19.4. The summed E-state index contributed by atoms with van der Waals surface area (Å²) in [7, 11) is 0. The minimum atomic E-state index is -1.57. The zero-order valence-electron chi connectivity index (χ0n) is 42.3. The van der Waals surface area contributed by atoms with Crippen LogP contribution in [0.1, 0.15) is 258 Å². The Bertz CT molecular complexity index is 1110. The first-order valence-electron chi connectivity index (χ1n) is 27.7. The smallest absolute Gasteiger partial charge is 0.220 e. The summed E-state index contributed by atoms with van der Waals surface area (Å²) in [6.07, 6.45) is 52.1. The van der Waals surface area contributed by atoms with Crippen LogP contribution in [0, 0.1) is 0 Å². The van der Waals surface area contributed by atoms with Gasteiger partial charge in [-0.15, -0.1) is 0 Å². The summed E-state index contributed by atoms with van der Waals surface area (Å²) in [5.41, 5.74) is 0. The lowest BCUT2D eigenvalue weighted by molar-refractivity contribution is -0.302. The molecular formula is C56H105NO8. The highest BCUT2D eigenvalue weighted by Crippen LogP contribution is 2.23. The van der Waals surface area contributed by atoms with Crippen molar-refractivity contribution in [3.8, 4) is 0 Å². The number of rotatable bonds is 47. The van der Waals surface area contributed by atoms with Crippen molar-refractivity contribution in [2.75, 3.05) is 13.2 Å². The molecule has 0 aromatic carbocycles. The summed E-state index contributed by atoms with van der Waals surface area (Å²) >= 11 is 0. The summed E-state index contributed by atoms with van der Waals surface area (Å²) in [6.45, 7) is 3.78. The van der Waals surface area contributed by atoms with Gasteiger partial charge in [0.25, 0.3) is 0 Å². The minimum Gasteiger partial charge on any atom is -0.394 e. The molecule has 7 atom stereocenters. The standard InChI is InChI=1S/C56H105NO8/c1-3-5-7-9-11-13-15-17-19-21-23-24-25-26-27-28-29-31-33-35-37-39-41-43-45-50(59)49(48-64-56-55(63)54(62)53(61)51(47-58)65-56)57-52(60)46-44-42-40-38-36-34-32-30-22-20-18-16-14-12-10-8-6-4-2/h28-29,35,37,43,45,49-51,53-56,58-59,61-63H,3-27,30-34,36,38-42,44,46-48H2,1-2H3,(H,57,60)/b29-28+,37-35+,45-43+. The van der Waals surface area contributed by atoms with Gasteiger partial charge in [-0.3, -0.25) is 4.79 Å². The zero-order chi connectivity index (χ0) is 47.3. The molecule has 6 N–H and O–H groups in total. The summed E-state index contributed by atoms with van der Waals surface area (Å²) in [4.78, 5) is 13.0. The van der Waals surface area contributed by atoms with Crippen LogP contribution in [0.2, 0.25) is 0 Å². The highest BCUT2D eigenvalue weighted by Gasteiger charge is 2.44. The maximum atomic E-state index is 13.0. The monoisotopic (exact) mass is 920 g/mol. The topological polar surface area (TPSA) is 149 Å². The molecule has 1 aliphatic heterocycles. The molecule has 0 aromatic rings. The van der Waals surface area contributed by atoms with E-state index < -0.39 is 49.5 Å². The van der Waals surface area contributed by atoms with Crippen LogP contribution in [0.5, 0.6) is 0 Å². The predicted octanol–water partition coefficient (Wildman–Crippen LogP) is 13.2. The molecule has 65 heavy (non-hydrogen) atoms. The van der Waals surface area contributed by atoms with Crippen LogP contribution >= 0.6 is 0 Å². The molecule has 1 aliphatic rings. The molecule has 1 amide bonds. The lowest BCUT2D eigenvalue weighted by Gasteiger charge is -2.40. The minimum absolute atomic E-state index is 0.187. The van der Waals surface area contributed by atoms with Gasteiger partial charge in [0.1, 0.15) is 24.4 Å². The van der Waals surface area contributed by atoms with Gasteiger partial charge in [-0.2, -0.15) is 0 Å². The molecule has 0 aromatic heterocycles. The maximum absolute atomic E-state index is 13.0. The third kappa shape index (κ3) is 36.1. The number of aliphatic hydroxyl groups is 5. The molecule has 1 saturated heterocycles. The van der Waals surface area contributed by atoms with Gasteiger partial charge in [-0.1, -0.05) is 243 Å². The van der Waals surface area contributed by atoms with Gasteiger partial charge in [0, 0.05) is 6.42 Å². The van der Waals surface area contributed by atoms with Crippen LogP contribution in [0.4, 0.5) is 0 Å². The number of nitrogens with one attached hydrogen (secondary N) is 1. The Morgan fingerprint density at radius 3 is 1.29 bits per heavy atom. The van der Waals surface area contributed by atoms with Gasteiger partial charge in [0.05, 0.1) is 25.4 Å². The van der Waals surface area contributed by atoms with Crippen molar-refractivity contribution in [1.82, 2.24) is 5.32 Å². The Morgan fingerprint density at radius 2 is 0.877 bits per heavy atom. The van der Waals surface area contributed by atoms with E-state index in [4.69, 9.17) is 9.47 Å². The molecule has 0 radical (unpaired) electrons. The fourth-order valence-electron chi connectivity index (χ4n) is 8.78. The molecule has 9 heteroatoms. The molecule has 0 spiro atoms. The number of carbonyl (C=O) groups is 1. The van der Waals surface area contributed by atoms with Crippen molar-refractivity contribution in [2.24, 2.45) is 0 Å². The fraction of sp³-hybridized carbons (Fsp3) is 0.875. The van der Waals surface area contributed by atoms with Gasteiger partial charge < -0.3 is 40.3 Å². The van der Waals surface area contributed by atoms with Crippen molar-refractivity contribution in [3.05, 3.63) is 36.5 Å². The summed E-state index contributed by atoms with van der Waals surface area (Å²) < 4.78 is 11.2. The van der Waals surface area contributed by atoms with Crippen LogP contribution in [0.3, 0.4) is 0 Å². The van der Waals surface area contributed by atoms with Gasteiger partial charge in [0.15, 0.2) is 6.29 Å². The highest BCUT2D eigenvalue weighted by atomic mass is 16.7. The number of allylic oxidation sites excluding steroid dienone is 5. The molecule has 1 rings (SSSR count). The average Bonchev–Trinajstić information content (AvgIpc) is 3.31. The molecule has 0 saturated carbocycles. The molecule has 9 nitrogen and oxygen atoms in total. The SMILES string of the molecule is CCCCCCCCCCCCCCCC/C=C/CC/C=C/CC/C=C/C(O)C(COC1OC(CO)C(O)C(O)C1O)NC(=O)CCCCCCCCCCCCCCCCCCCC. The Balaban J connectivity index is 2.29. The number of amides is 1. The zero-order valence-corrected chi connectivity index (χ0v) is 42.3. The van der Waals surface area contributed by atoms with Gasteiger partial charge >= 0.3 is 0 Å². The third-order valence-corrected chi connectivity index (χ3v) is 13.2. The van der Waals surface area contributed by atoms with Crippen molar-refractivity contribution in [3.63, 3.8) is 0 Å². The summed E-state index contributed by atoms with van der Waals surface area (Å²) in [5.74, 6) is -0.187. The lowest BCUT2D eigenvalue weighted by Crippen LogP contribution is -2.60. The Hall–Kier alpha value is -1.59. The predicted molar refractivity (Wildman–Crippen MR) is 272 cm³/mol. The van der Waals surface area contributed by atoms with Gasteiger partial charge in [0.2, 0.25) is 5.91 Å². The number of hydrogen-bond acceptors (Lipinski definition) is 8. The van der Waals surface area contributed by atoms with Crippen molar-refractivity contribution >= 4 is 5.91 Å². The normalized spacial score (nSPS) is 20.1. The first-order valence-corrected chi connectivity index (χ1v) is 27.7. The Labute approximate surface area is 400 Å². The number of ether oxygens (including phenoxy) is 2. The van der Waals surface area contributed by atoms with Crippen LogP contribution in [0.25, 0.3) is 0 Å². The highest BCUT2D eigenvalue weighted by molar-refractivity contribution is 5.76. The van der Waals surface area contributed by atoms with Crippen LogP contribution in [-0.2, 0) is 14.3 Å². The first-order chi connectivity index (χ1) is 31.8. The third-order valence-electron chi connectivity index (χ3n) is 13.2. The molecule has 7 unspecified atom stereocenters. The van der Waals surface area contributed by atoms with Crippen molar-refractivity contribution in [2.45, 2.75) is 301 Å². The molecule has 382 valence electrons. The van der Waals surface area contributed by atoms with Crippen LogP contribution in [-0.4, -0.2) is 87.5 Å². The largest absolute Gasteiger partial charge is 0.394 e. The molecule has 1 fully saturated rings. The summed E-state index contributed by atoms with van der Waals surface area (Å²) in [5, 5.41) is 54.4. The quantitative estimate of drug-likeness (QED) is 0.0261. The molecule has 1 heterocycles. The van der Waals surface area contributed by atoms with Crippen LogP contribution in [0.15, 0.2) is 36.5 Å². The summed E-state index contributed by atoms with van der Waals surface area (Å²) in [6, 6.07) is -0.825. The van der Waals surface area contributed by atoms with E-state index >= 15 is 0 Å². The van der Waals surface area contributed by atoms with E-state index in [-0.39, 0.29) is 12.5 Å². The number of aliphatic hydroxyl groups excluding tert-OH is 5.